The number of rotatable bonds is 4. The maximum absolute atomic E-state index is 13.0. The monoisotopic (exact) mass is 403 g/mol. The number of aliphatic hydroxyl groups is 1. The van der Waals surface area contributed by atoms with Crippen molar-refractivity contribution in [2.24, 2.45) is 0 Å². The number of anilines is 1. The molecule has 0 saturated heterocycles. The molecule has 1 aromatic carbocycles. The highest BCUT2D eigenvalue weighted by molar-refractivity contribution is 5.73. The van der Waals surface area contributed by atoms with Crippen molar-refractivity contribution < 1.29 is 23.7 Å². The van der Waals surface area contributed by atoms with Gasteiger partial charge in [-0.15, -0.1) is 10.2 Å². The van der Waals surface area contributed by atoms with Gasteiger partial charge in [-0.05, 0) is 49.8 Å². The fraction of sp³-hybridized carbons (Fsp3) is 0.524. The molecule has 8 heteroatoms. The molecule has 2 saturated carbocycles. The predicted octanol–water partition coefficient (Wildman–Crippen LogP) is 3.72. The number of aromatic nitrogens is 2. The number of halogens is 2. The zero-order valence-electron chi connectivity index (χ0n) is 15.9. The SMILES string of the molecule is Oc1cc(C(F)F)ccc1-c1nnc(N[C@@H]2CCC[C@H]2O)c2c1CC1(CC1)OC2. The van der Waals surface area contributed by atoms with Crippen LogP contribution in [0.4, 0.5) is 14.6 Å². The Labute approximate surface area is 166 Å². The second-order valence-electron chi connectivity index (χ2n) is 8.33. The minimum absolute atomic E-state index is 0.0743. The highest BCUT2D eigenvalue weighted by atomic mass is 19.3. The summed E-state index contributed by atoms with van der Waals surface area (Å²) in [4.78, 5) is 0. The van der Waals surface area contributed by atoms with Crippen molar-refractivity contribution >= 4 is 5.82 Å². The molecule has 3 N–H and O–H groups in total. The molecule has 2 atom stereocenters. The van der Waals surface area contributed by atoms with Crippen molar-refractivity contribution in [3.8, 4) is 17.0 Å². The average molecular weight is 403 g/mol. The number of aromatic hydroxyl groups is 1. The first kappa shape index (κ1) is 18.7. The van der Waals surface area contributed by atoms with Gasteiger partial charge in [0.05, 0.1) is 24.4 Å². The molecule has 0 amide bonds. The van der Waals surface area contributed by atoms with Crippen LogP contribution >= 0.6 is 0 Å². The fourth-order valence-electron chi connectivity index (χ4n) is 4.41. The van der Waals surface area contributed by atoms with Crippen molar-refractivity contribution in [1.82, 2.24) is 10.2 Å². The van der Waals surface area contributed by atoms with Gasteiger partial charge in [-0.1, -0.05) is 6.07 Å². The second-order valence-corrected chi connectivity index (χ2v) is 8.33. The lowest BCUT2D eigenvalue weighted by Gasteiger charge is -2.29. The maximum atomic E-state index is 13.0. The molecule has 1 spiro atoms. The summed E-state index contributed by atoms with van der Waals surface area (Å²) in [6.07, 6.45) is 2.08. The Balaban J connectivity index is 1.56. The molecule has 0 radical (unpaired) electrons. The Hall–Kier alpha value is -2.32. The molecule has 1 aliphatic heterocycles. The Kier molecular flexibility index (Phi) is 4.43. The van der Waals surface area contributed by atoms with E-state index >= 15 is 0 Å². The smallest absolute Gasteiger partial charge is 0.263 e. The van der Waals surface area contributed by atoms with Crippen LogP contribution in [-0.4, -0.2) is 38.2 Å². The Bertz CT molecular complexity index is 949. The van der Waals surface area contributed by atoms with E-state index in [0.29, 0.717) is 30.1 Å². The molecule has 3 aliphatic rings. The summed E-state index contributed by atoms with van der Waals surface area (Å²) in [5, 5.41) is 32.5. The second kappa shape index (κ2) is 6.88. The quantitative estimate of drug-likeness (QED) is 0.721. The summed E-state index contributed by atoms with van der Waals surface area (Å²) < 4.78 is 32.0. The van der Waals surface area contributed by atoms with Crippen molar-refractivity contribution in [1.29, 1.82) is 0 Å². The lowest BCUT2D eigenvalue weighted by Crippen LogP contribution is -2.31. The number of hydrogen-bond acceptors (Lipinski definition) is 6. The molecule has 0 unspecified atom stereocenters. The highest BCUT2D eigenvalue weighted by Crippen LogP contribution is 2.49. The van der Waals surface area contributed by atoms with Crippen LogP contribution < -0.4 is 5.32 Å². The highest BCUT2D eigenvalue weighted by Gasteiger charge is 2.48. The van der Waals surface area contributed by atoms with Crippen molar-refractivity contribution in [3.05, 3.63) is 34.9 Å². The summed E-state index contributed by atoms with van der Waals surface area (Å²) in [6.45, 7) is 0.374. The van der Waals surface area contributed by atoms with E-state index in [9.17, 15) is 19.0 Å². The number of ether oxygens (including phenoxy) is 1. The molecule has 1 aromatic heterocycles. The molecular formula is C21H23F2N3O3. The summed E-state index contributed by atoms with van der Waals surface area (Å²) in [5.41, 5.74) is 2.27. The Morgan fingerprint density at radius 3 is 2.66 bits per heavy atom. The number of aliphatic hydroxyl groups excluding tert-OH is 1. The lowest BCUT2D eigenvalue weighted by molar-refractivity contribution is 0.00828. The largest absolute Gasteiger partial charge is 0.507 e. The van der Waals surface area contributed by atoms with Crippen LogP contribution in [0.2, 0.25) is 0 Å². The number of benzene rings is 1. The molecule has 6 nitrogen and oxygen atoms in total. The molecular weight excluding hydrogens is 380 g/mol. The normalized spacial score (nSPS) is 24.7. The van der Waals surface area contributed by atoms with E-state index in [1.165, 1.54) is 12.1 Å². The van der Waals surface area contributed by atoms with Gasteiger partial charge in [0.15, 0.2) is 5.82 Å². The summed E-state index contributed by atoms with van der Waals surface area (Å²) in [7, 11) is 0. The Morgan fingerprint density at radius 2 is 2.00 bits per heavy atom. The molecule has 5 rings (SSSR count). The van der Waals surface area contributed by atoms with Crippen LogP contribution in [0.15, 0.2) is 18.2 Å². The first-order valence-corrected chi connectivity index (χ1v) is 10.0. The van der Waals surface area contributed by atoms with Gasteiger partial charge in [0, 0.05) is 23.1 Å². The topological polar surface area (TPSA) is 87.5 Å². The van der Waals surface area contributed by atoms with E-state index < -0.39 is 12.5 Å². The molecule has 29 heavy (non-hydrogen) atoms. The number of hydrogen-bond donors (Lipinski definition) is 3. The summed E-state index contributed by atoms with van der Waals surface area (Å²) in [5.74, 6) is 0.358. The third kappa shape index (κ3) is 3.34. The first-order chi connectivity index (χ1) is 14.0. The number of fused-ring (bicyclic) bond motifs is 1. The number of alkyl halides is 2. The van der Waals surface area contributed by atoms with E-state index in [1.54, 1.807) is 0 Å². The minimum Gasteiger partial charge on any atom is -0.507 e. The molecule has 2 heterocycles. The van der Waals surface area contributed by atoms with E-state index in [-0.39, 0.29) is 23.0 Å². The molecule has 2 aromatic rings. The van der Waals surface area contributed by atoms with E-state index in [0.717, 1.165) is 49.3 Å². The van der Waals surface area contributed by atoms with Crippen LogP contribution in [0.3, 0.4) is 0 Å². The van der Waals surface area contributed by atoms with Gasteiger partial charge in [0.2, 0.25) is 0 Å². The lowest BCUT2D eigenvalue weighted by atomic mass is 9.93. The molecule has 2 fully saturated rings. The van der Waals surface area contributed by atoms with Gasteiger partial charge in [-0.2, -0.15) is 0 Å². The third-order valence-corrected chi connectivity index (χ3v) is 6.35. The van der Waals surface area contributed by atoms with Crippen molar-refractivity contribution in [3.63, 3.8) is 0 Å². The molecule has 154 valence electrons. The summed E-state index contributed by atoms with van der Waals surface area (Å²) in [6, 6.07) is 3.79. The van der Waals surface area contributed by atoms with E-state index in [1.807, 2.05) is 0 Å². The van der Waals surface area contributed by atoms with Crippen molar-refractivity contribution in [2.45, 2.75) is 69.3 Å². The standard InChI is InChI=1S/C21H23F2N3O3/c22-19(23)11-4-5-12(17(28)8-11)18-13-9-21(6-7-21)29-10-14(13)20(26-25-18)24-15-2-1-3-16(15)27/h4-5,8,15-16,19,27-28H,1-3,6-7,9-10H2,(H,24,26)/t15-,16-/m1/s1. The van der Waals surface area contributed by atoms with Gasteiger partial charge in [-0.25, -0.2) is 8.78 Å². The number of nitrogens with one attached hydrogen (secondary N) is 1. The van der Waals surface area contributed by atoms with Gasteiger partial charge >= 0.3 is 0 Å². The van der Waals surface area contributed by atoms with Crippen LogP contribution in [0, 0.1) is 0 Å². The zero-order chi connectivity index (χ0) is 20.2. The van der Waals surface area contributed by atoms with Crippen LogP contribution in [0.1, 0.15) is 55.2 Å². The van der Waals surface area contributed by atoms with Gasteiger partial charge in [0.1, 0.15) is 11.4 Å². The third-order valence-electron chi connectivity index (χ3n) is 6.35. The number of phenolic OH excluding ortho intramolecular Hbond substituents is 1. The zero-order valence-corrected chi connectivity index (χ0v) is 15.9. The number of nitrogens with zero attached hydrogens (tertiary/aromatic N) is 2. The fourth-order valence-corrected chi connectivity index (χ4v) is 4.41. The van der Waals surface area contributed by atoms with Gasteiger partial charge in [0.25, 0.3) is 6.43 Å². The molecule has 2 aliphatic carbocycles. The summed E-state index contributed by atoms with van der Waals surface area (Å²) >= 11 is 0. The maximum Gasteiger partial charge on any atom is 0.263 e. The average Bonchev–Trinajstić information content (AvgIpc) is 3.32. The van der Waals surface area contributed by atoms with Crippen LogP contribution in [0.25, 0.3) is 11.3 Å². The number of phenols is 1. The van der Waals surface area contributed by atoms with E-state index in [2.05, 4.69) is 15.5 Å². The van der Waals surface area contributed by atoms with Crippen LogP contribution in [0.5, 0.6) is 5.75 Å². The van der Waals surface area contributed by atoms with Crippen molar-refractivity contribution in [2.75, 3.05) is 5.32 Å². The van der Waals surface area contributed by atoms with E-state index in [4.69, 9.17) is 4.74 Å². The van der Waals surface area contributed by atoms with Gasteiger partial charge < -0.3 is 20.3 Å². The minimum atomic E-state index is -2.65. The predicted molar refractivity (Wildman–Crippen MR) is 102 cm³/mol. The molecule has 0 bridgehead atoms. The first-order valence-electron chi connectivity index (χ1n) is 10.0. The van der Waals surface area contributed by atoms with Crippen LogP contribution in [-0.2, 0) is 17.8 Å². The van der Waals surface area contributed by atoms with Gasteiger partial charge in [-0.3, -0.25) is 0 Å². The Morgan fingerprint density at radius 1 is 1.17 bits per heavy atom.